The first-order chi connectivity index (χ1) is 14.0. The molecule has 0 radical (unpaired) electrons. The van der Waals surface area contributed by atoms with E-state index in [4.69, 9.17) is 0 Å². The number of rotatable bonds is 4. The third kappa shape index (κ3) is 4.04. The Hall–Kier alpha value is -2.70. The largest absolute Gasteiger partial charge is 0.339 e. The topological polar surface area (TPSA) is 75.5 Å². The summed E-state index contributed by atoms with van der Waals surface area (Å²) in [5, 5.41) is 0.582. The van der Waals surface area contributed by atoms with Crippen molar-refractivity contribution in [2.45, 2.75) is 45.6 Å². The maximum atomic E-state index is 12.7. The van der Waals surface area contributed by atoms with Gasteiger partial charge in [-0.15, -0.1) is 0 Å². The maximum absolute atomic E-state index is 12.7. The molecule has 0 unspecified atom stereocenters. The summed E-state index contributed by atoms with van der Waals surface area (Å²) in [4.78, 5) is 45.9. The molecule has 1 aliphatic carbocycles. The van der Waals surface area contributed by atoms with Gasteiger partial charge in [0.05, 0.1) is 17.2 Å². The van der Waals surface area contributed by atoms with Gasteiger partial charge in [0, 0.05) is 45.1 Å². The molecule has 0 spiro atoms. The number of carbonyl (C=O) groups excluding carboxylic acids is 2. The predicted molar refractivity (Wildman–Crippen MR) is 110 cm³/mol. The highest BCUT2D eigenvalue weighted by Gasteiger charge is 2.30. The van der Waals surface area contributed by atoms with Crippen LogP contribution in [0.15, 0.2) is 29.3 Å². The van der Waals surface area contributed by atoms with E-state index < -0.39 is 0 Å². The number of aryl methyl sites for hydroxylation is 2. The number of piperazine rings is 1. The van der Waals surface area contributed by atoms with Crippen LogP contribution >= 0.6 is 0 Å². The van der Waals surface area contributed by atoms with Crippen LogP contribution in [0.2, 0.25) is 0 Å². The molecule has 0 N–H and O–H groups in total. The third-order valence-corrected chi connectivity index (χ3v) is 6.27. The molecule has 7 nitrogen and oxygen atoms in total. The lowest BCUT2D eigenvalue weighted by molar-refractivity contribution is -0.142. The van der Waals surface area contributed by atoms with Gasteiger partial charge in [-0.3, -0.25) is 19.0 Å². The number of carbonyl (C=O) groups is 2. The number of aromatic nitrogens is 2. The van der Waals surface area contributed by atoms with Crippen molar-refractivity contribution < 1.29 is 9.59 Å². The van der Waals surface area contributed by atoms with Crippen LogP contribution in [0, 0.1) is 12.8 Å². The Morgan fingerprint density at radius 3 is 2.48 bits per heavy atom. The molecule has 7 heteroatoms. The van der Waals surface area contributed by atoms with Crippen molar-refractivity contribution in [2.75, 3.05) is 26.2 Å². The van der Waals surface area contributed by atoms with Gasteiger partial charge in [0.1, 0.15) is 0 Å². The average Bonchev–Trinajstić information content (AvgIpc) is 3.28. The lowest BCUT2D eigenvalue weighted by atomic mass is 10.1. The second-order valence-electron chi connectivity index (χ2n) is 8.15. The molecule has 2 aromatic rings. The fourth-order valence-corrected chi connectivity index (χ4v) is 4.48. The highest BCUT2D eigenvalue weighted by molar-refractivity contribution is 5.81. The van der Waals surface area contributed by atoms with E-state index in [0.29, 0.717) is 43.6 Å². The number of benzene rings is 1. The minimum Gasteiger partial charge on any atom is -0.339 e. The Morgan fingerprint density at radius 1 is 1.07 bits per heavy atom. The van der Waals surface area contributed by atoms with Gasteiger partial charge in [-0.25, -0.2) is 4.98 Å². The third-order valence-electron chi connectivity index (χ3n) is 6.27. The van der Waals surface area contributed by atoms with Crippen LogP contribution in [-0.4, -0.2) is 57.3 Å². The number of fused-ring (bicyclic) bond motifs is 1. The molecule has 1 aromatic heterocycles. The standard InChI is InChI=1S/C22H28N4O3/c1-16-5-4-8-18-20(16)23-15-26(22(18)29)10-9-19(27)24-11-13-25(14-12-24)21(28)17-6-2-3-7-17/h4-5,8,15,17H,2-3,6-7,9-14H2,1H3. The Morgan fingerprint density at radius 2 is 1.76 bits per heavy atom. The fraction of sp³-hybridized carbons (Fsp3) is 0.545. The summed E-state index contributed by atoms with van der Waals surface area (Å²) < 4.78 is 1.51. The molecule has 1 aromatic carbocycles. The molecule has 2 fully saturated rings. The lowest BCUT2D eigenvalue weighted by Crippen LogP contribution is -2.51. The summed E-state index contributed by atoms with van der Waals surface area (Å²) in [6.45, 7) is 4.61. The SMILES string of the molecule is Cc1cccc2c(=O)n(CCC(=O)N3CCN(C(=O)C4CCCC4)CC3)cnc12. The number of amides is 2. The fourth-order valence-electron chi connectivity index (χ4n) is 4.48. The van der Waals surface area contributed by atoms with Gasteiger partial charge in [0.2, 0.25) is 11.8 Å². The monoisotopic (exact) mass is 396 g/mol. The van der Waals surface area contributed by atoms with Crippen molar-refractivity contribution in [3.63, 3.8) is 0 Å². The summed E-state index contributed by atoms with van der Waals surface area (Å²) in [6, 6.07) is 5.55. The molecular formula is C22H28N4O3. The van der Waals surface area contributed by atoms with Gasteiger partial charge < -0.3 is 9.80 Å². The van der Waals surface area contributed by atoms with Crippen molar-refractivity contribution in [1.82, 2.24) is 19.4 Å². The molecule has 1 aliphatic heterocycles. The zero-order valence-electron chi connectivity index (χ0n) is 17.0. The molecule has 2 amide bonds. The normalized spacial score (nSPS) is 17.8. The summed E-state index contributed by atoms with van der Waals surface area (Å²) in [6.07, 6.45) is 6.10. The summed E-state index contributed by atoms with van der Waals surface area (Å²) in [5.41, 5.74) is 1.56. The van der Waals surface area contributed by atoms with E-state index in [0.717, 1.165) is 31.2 Å². The molecule has 2 heterocycles. The first-order valence-corrected chi connectivity index (χ1v) is 10.6. The molecule has 2 aliphatic rings. The van der Waals surface area contributed by atoms with E-state index in [9.17, 15) is 14.4 Å². The van der Waals surface area contributed by atoms with Gasteiger partial charge in [-0.2, -0.15) is 0 Å². The molecule has 154 valence electrons. The lowest BCUT2D eigenvalue weighted by Gasteiger charge is -2.36. The van der Waals surface area contributed by atoms with Crippen LogP contribution in [-0.2, 0) is 16.1 Å². The number of hydrogen-bond acceptors (Lipinski definition) is 4. The van der Waals surface area contributed by atoms with E-state index in [1.807, 2.05) is 28.9 Å². The summed E-state index contributed by atoms with van der Waals surface area (Å²) >= 11 is 0. The van der Waals surface area contributed by atoms with Crippen LogP contribution in [0.25, 0.3) is 10.9 Å². The molecular weight excluding hydrogens is 368 g/mol. The van der Waals surface area contributed by atoms with Crippen LogP contribution in [0.4, 0.5) is 0 Å². The molecule has 1 saturated heterocycles. The Balaban J connectivity index is 1.33. The van der Waals surface area contributed by atoms with Gasteiger partial charge >= 0.3 is 0 Å². The minimum absolute atomic E-state index is 0.0224. The van der Waals surface area contributed by atoms with Crippen molar-refractivity contribution >= 4 is 22.7 Å². The molecule has 0 atom stereocenters. The van der Waals surface area contributed by atoms with Gasteiger partial charge in [-0.1, -0.05) is 25.0 Å². The second-order valence-corrected chi connectivity index (χ2v) is 8.15. The van der Waals surface area contributed by atoms with Crippen molar-refractivity contribution in [3.8, 4) is 0 Å². The van der Waals surface area contributed by atoms with Crippen LogP contribution in [0.5, 0.6) is 0 Å². The molecule has 0 bridgehead atoms. The Kier molecular flexibility index (Phi) is 5.65. The van der Waals surface area contributed by atoms with Crippen LogP contribution in [0.1, 0.15) is 37.7 Å². The Bertz CT molecular complexity index is 970. The van der Waals surface area contributed by atoms with Crippen LogP contribution < -0.4 is 5.56 Å². The second kappa shape index (κ2) is 8.35. The van der Waals surface area contributed by atoms with Crippen molar-refractivity contribution in [1.29, 1.82) is 0 Å². The first-order valence-electron chi connectivity index (χ1n) is 10.6. The zero-order chi connectivity index (χ0) is 20.4. The van der Waals surface area contributed by atoms with E-state index in [-0.39, 0.29) is 29.7 Å². The minimum atomic E-state index is -0.113. The van der Waals surface area contributed by atoms with Gasteiger partial charge in [0.15, 0.2) is 0 Å². The zero-order valence-corrected chi connectivity index (χ0v) is 17.0. The van der Waals surface area contributed by atoms with Crippen molar-refractivity contribution in [3.05, 3.63) is 40.4 Å². The highest BCUT2D eigenvalue weighted by atomic mass is 16.2. The van der Waals surface area contributed by atoms with E-state index >= 15 is 0 Å². The van der Waals surface area contributed by atoms with E-state index in [1.165, 1.54) is 10.9 Å². The first kappa shape index (κ1) is 19.6. The smallest absolute Gasteiger partial charge is 0.261 e. The average molecular weight is 396 g/mol. The number of para-hydroxylation sites is 1. The summed E-state index contributed by atoms with van der Waals surface area (Å²) in [7, 11) is 0. The molecule has 1 saturated carbocycles. The van der Waals surface area contributed by atoms with Gasteiger partial charge in [0.25, 0.3) is 5.56 Å². The Labute approximate surface area is 170 Å². The molecule has 29 heavy (non-hydrogen) atoms. The van der Waals surface area contributed by atoms with E-state index in [2.05, 4.69) is 4.98 Å². The quantitative estimate of drug-likeness (QED) is 0.792. The molecule has 4 rings (SSSR count). The van der Waals surface area contributed by atoms with Crippen LogP contribution in [0.3, 0.4) is 0 Å². The number of hydrogen-bond donors (Lipinski definition) is 0. The van der Waals surface area contributed by atoms with Gasteiger partial charge in [-0.05, 0) is 31.4 Å². The summed E-state index contributed by atoms with van der Waals surface area (Å²) in [5.74, 6) is 0.473. The maximum Gasteiger partial charge on any atom is 0.261 e. The van der Waals surface area contributed by atoms with E-state index in [1.54, 1.807) is 6.07 Å². The number of nitrogens with zero attached hydrogens (tertiary/aromatic N) is 4. The predicted octanol–water partition coefficient (Wildman–Crippen LogP) is 1.96. The van der Waals surface area contributed by atoms with Crippen molar-refractivity contribution in [2.24, 2.45) is 5.92 Å². The highest BCUT2D eigenvalue weighted by Crippen LogP contribution is 2.27.